The van der Waals surface area contributed by atoms with E-state index in [1.165, 1.54) is 11.1 Å². The zero-order valence-electron chi connectivity index (χ0n) is 15.4. The summed E-state index contributed by atoms with van der Waals surface area (Å²) in [6, 6.07) is 2.27. The van der Waals surface area contributed by atoms with Gasteiger partial charge in [0.2, 0.25) is 11.7 Å². The van der Waals surface area contributed by atoms with E-state index in [2.05, 4.69) is 15.4 Å². The lowest BCUT2D eigenvalue weighted by molar-refractivity contribution is -0.141. The number of nitrogens with one attached hydrogen (secondary N) is 1. The zero-order chi connectivity index (χ0) is 20.2. The van der Waals surface area contributed by atoms with E-state index in [9.17, 15) is 18.0 Å². The molecule has 2 heterocycles. The first kappa shape index (κ1) is 20.9. The van der Waals surface area contributed by atoms with Gasteiger partial charge < -0.3 is 4.74 Å². The molecule has 0 radical (unpaired) electrons. The largest absolute Gasteiger partial charge is 0.433 e. The fourth-order valence-electron chi connectivity index (χ4n) is 2.60. The highest BCUT2D eigenvalue weighted by Crippen LogP contribution is 2.30. The van der Waals surface area contributed by atoms with Crippen molar-refractivity contribution in [1.29, 1.82) is 5.26 Å². The van der Waals surface area contributed by atoms with E-state index in [1.807, 2.05) is 20.8 Å². The van der Waals surface area contributed by atoms with E-state index in [1.54, 1.807) is 0 Å². The molecule has 1 aromatic heterocycles. The fraction of sp³-hybridized carbons (Fsp3) is 0.647. The van der Waals surface area contributed by atoms with Gasteiger partial charge in [-0.2, -0.15) is 23.4 Å². The van der Waals surface area contributed by atoms with E-state index in [4.69, 9.17) is 10.00 Å². The second-order valence-electron chi connectivity index (χ2n) is 7.55. The average molecular weight is 385 g/mol. The van der Waals surface area contributed by atoms with Gasteiger partial charge in [0.25, 0.3) is 0 Å². The first-order chi connectivity index (χ1) is 12.5. The van der Waals surface area contributed by atoms with Crippen LogP contribution in [0.1, 0.15) is 45.1 Å². The second kappa shape index (κ2) is 8.08. The molecule has 0 atom stereocenters. The second-order valence-corrected chi connectivity index (χ2v) is 7.55. The lowest BCUT2D eigenvalue weighted by Gasteiger charge is -2.33. The Hall–Kier alpha value is -2.41. The molecule has 1 aromatic rings. The van der Waals surface area contributed by atoms with E-state index < -0.39 is 17.7 Å². The number of amides is 1. The summed E-state index contributed by atoms with van der Waals surface area (Å²) in [4.78, 5) is 19.6. The Kier molecular flexibility index (Phi) is 6.26. The summed E-state index contributed by atoms with van der Waals surface area (Å²) in [6.45, 7) is 6.73. The van der Waals surface area contributed by atoms with Crippen LogP contribution in [0.15, 0.2) is 6.07 Å². The van der Waals surface area contributed by atoms with Gasteiger partial charge in [0.05, 0.1) is 0 Å². The molecule has 0 saturated carbocycles. The van der Waals surface area contributed by atoms with Gasteiger partial charge in [-0.1, -0.05) is 20.8 Å². The van der Waals surface area contributed by atoms with Crippen LogP contribution < -0.4 is 10.4 Å². The predicted molar refractivity (Wildman–Crippen MR) is 90.2 cm³/mol. The van der Waals surface area contributed by atoms with Crippen molar-refractivity contribution in [3.8, 4) is 6.07 Å². The van der Waals surface area contributed by atoms with E-state index in [0.29, 0.717) is 26.1 Å². The Balaban J connectivity index is 2.35. The van der Waals surface area contributed by atoms with E-state index in [-0.39, 0.29) is 29.6 Å². The van der Waals surface area contributed by atoms with Crippen LogP contribution in [0, 0.1) is 22.7 Å². The fourth-order valence-corrected chi connectivity index (χ4v) is 2.60. The maximum Gasteiger partial charge on any atom is 0.433 e. The number of ether oxygens (including phenoxy) is 1. The third-order valence-corrected chi connectivity index (χ3v) is 3.85. The number of rotatable bonds is 4. The molecule has 0 aromatic carbocycles. The third kappa shape index (κ3) is 6.06. The van der Waals surface area contributed by atoms with Gasteiger partial charge in [0, 0.05) is 31.7 Å². The number of hydrogen-bond donors (Lipinski definition) is 1. The Morgan fingerprint density at radius 3 is 2.48 bits per heavy atom. The van der Waals surface area contributed by atoms with Crippen LogP contribution in [0.2, 0.25) is 0 Å². The number of nitrogens with zero attached hydrogens (tertiary/aromatic N) is 4. The highest BCUT2D eigenvalue weighted by atomic mass is 19.4. The molecular weight excluding hydrogens is 363 g/mol. The molecule has 1 N–H and O–H groups in total. The topological polar surface area (TPSA) is 91.1 Å². The van der Waals surface area contributed by atoms with Gasteiger partial charge >= 0.3 is 6.18 Å². The lowest BCUT2D eigenvalue weighted by atomic mass is 9.96. The van der Waals surface area contributed by atoms with E-state index >= 15 is 0 Å². The molecule has 1 saturated heterocycles. The molecule has 0 spiro atoms. The standard InChI is InChI=1S/C17H22F3N5O2/c1-16(2,3)10-25(24-15(26)11-4-6-27-7-5-11)14-8-12(17(18,19)20)22-13(9-21)23-14/h8,11H,4-7,10H2,1-3H3,(H,24,26). The summed E-state index contributed by atoms with van der Waals surface area (Å²) < 4.78 is 44.6. The number of nitriles is 1. The maximum atomic E-state index is 13.1. The third-order valence-electron chi connectivity index (χ3n) is 3.85. The molecule has 1 amide bonds. The lowest BCUT2D eigenvalue weighted by Crippen LogP contribution is -2.50. The Morgan fingerprint density at radius 1 is 1.33 bits per heavy atom. The summed E-state index contributed by atoms with van der Waals surface area (Å²) >= 11 is 0. The first-order valence-electron chi connectivity index (χ1n) is 8.52. The summed E-state index contributed by atoms with van der Waals surface area (Å²) in [6.07, 6.45) is -3.66. The molecule has 0 unspecified atom stereocenters. The summed E-state index contributed by atoms with van der Waals surface area (Å²) in [5.74, 6) is -1.39. The van der Waals surface area contributed by atoms with Crippen LogP contribution in [0.5, 0.6) is 0 Å². The van der Waals surface area contributed by atoms with Crippen molar-refractivity contribution in [3.63, 3.8) is 0 Å². The number of halogens is 3. The SMILES string of the molecule is CC(C)(C)CN(NC(=O)C1CCOCC1)c1cc(C(F)(F)F)nc(C#N)n1. The highest BCUT2D eigenvalue weighted by molar-refractivity contribution is 5.80. The molecule has 1 aliphatic heterocycles. The van der Waals surface area contributed by atoms with Crippen LogP contribution in [-0.2, 0) is 15.7 Å². The van der Waals surface area contributed by atoms with Crippen molar-refractivity contribution in [1.82, 2.24) is 15.4 Å². The maximum absolute atomic E-state index is 13.1. The summed E-state index contributed by atoms with van der Waals surface area (Å²) in [5, 5.41) is 10.2. The van der Waals surface area contributed by atoms with Gasteiger partial charge in [0.15, 0.2) is 11.5 Å². The Bertz CT molecular complexity index is 719. The molecule has 1 fully saturated rings. The van der Waals surface area contributed by atoms with Crippen molar-refractivity contribution < 1.29 is 22.7 Å². The summed E-state index contributed by atoms with van der Waals surface area (Å²) in [5.41, 5.74) is 1.07. The molecule has 148 valence electrons. The Morgan fingerprint density at radius 2 is 1.96 bits per heavy atom. The van der Waals surface area contributed by atoms with Gasteiger partial charge in [-0.3, -0.25) is 15.2 Å². The minimum atomic E-state index is -4.73. The summed E-state index contributed by atoms with van der Waals surface area (Å²) in [7, 11) is 0. The number of anilines is 1. The van der Waals surface area contributed by atoms with Crippen LogP contribution in [0.4, 0.5) is 19.0 Å². The van der Waals surface area contributed by atoms with Crippen molar-refractivity contribution in [2.75, 3.05) is 24.8 Å². The number of carbonyl (C=O) groups excluding carboxylic acids is 1. The molecule has 0 aliphatic carbocycles. The van der Waals surface area contributed by atoms with Crippen LogP contribution >= 0.6 is 0 Å². The number of aromatic nitrogens is 2. The van der Waals surface area contributed by atoms with Crippen molar-refractivity contribution >= 4 is 11.7 Å². The average Bonchev–Trinajstić information content (AvgIpc) is 2.59. The predicted octanol–water partition coefficient (Wildman–Crippen LogP) is 2.68. The number of hydrazine groups is 1. The van der Waals surface area contributed by atoms with Gasteiger partial charge in [-0.25, -0.2) is 4.98 Å². The number of hydrogen-bond acceptors (Lipinski definition) is 6. The minimum Gasteiger partial charge on any atom is -0.381 e. The van der Waals surface area contributed by atoms with Crippen molar-refractivity contribution in [3.05, 3.63) is 17.6 Å². The molecule has 1 aliphatic rings. The molecule has 10 heteroatoms. The van der Waals surface area contributed by atoms with Crippen LogP contribution in [0.3, 0.4) is 0 Å². The number of alkyl halides is 3. The quantitative estimate of drug-likeness (QED) is 0.802. The minimum absolute atomic E-state index is 0.177. The molecular formula is C17H22F3N5O2. The van der Waals surface area contributed by atoms with E-state index in [0.717, 1.165) is 6.07 Å². The molecule has 2 rings (SSSR count). The van der Waals surface area contributed by atoms with Gasteiger partial charge in [0.1, 0.15) is 6.07 Å². The van der Waals surface area contributed by atoms with Crippen LogP contribution in [-0.4, -0.2) is 35.6 Å². The molecule has 0 bridgehead atoms. The number of carbonyl (C=O) groups is 1. The smallest absolute Gasteiger partial charge is 0.381 e. The van der Waals surface area contributed by atoms with Crippen molar-refractivity contribution in [2.45, 2.75) is 39.8 Å². The molecule has 7 nitrogen and oxygen atoms in total. The van der Waals surface area contributed by atoms with Crippen LogP contribution in [0.25, 0.3) is 0 Å². The zero-order valence-corrected chi connectivity index (χ0v) is 15.4. The Labute approximate surface area is 155 Å². The van der Waals surface area contributed by atoms with Crippen molar-refractivity contribution in [2.24, 2.45) is 11.3 Å². The first-order valence-corrected chi connectivity index (χ1v) is 8.52. The molecule has 27 heavy (non-hydrogen) atoms. The normalized spacial score (nSPS) is 15.9. The van der Waals surface area contributed by atoms with Gasteiger partial charge in [-0.15, -0.1) is 0 Å². The van der Waals surface area contributed by atoms with Gasteiger partial charge in [-0.05, 0) is 18.3 Å². The monoisotopic (exact) mass is 385 g/mol. The highest BCUT2D eigenvalue weighted by Gasteiger charge is 2.35.